The van der Waals surface area contributed by atoms with Gasteiger partial charge in [0.2, 0.25) is 11.7 Å². The highest BCUT2D eigenvalue weighted by atomic mass is 32.2. The lowest BCUT2D eigenvalue weighted by Crippen LogP contribution is -2.12. The molecule has 0 bridgehead atoms. The van der Waals surface area contributed by atoms with Crippen molar-refractivity contribution in [2.75, 3.05) is 12.8 Å². The average molecular weight is 293 g/mol. The molecule has 1 N–H and O–H groups in total. The molecule has 0 amide bonds. The predicted octanol–water partition coefficient (Wildman–Crippen LogP) is 1.56. The summed E-state index contributed by atoms with van der Waals surface area (Å²) in [6, 6.07) is 6.61. The van der Waals surface area contributed by atoms with Crippen LogP contribution in [0.3, 0.4) is 0 Å². The summed E-state index contributed by atoms with van der Waals surface area (Å²) >= 11 is 0. The zero-order valence-corrected chi connectivity index (χ0v) is 11.9. The van der Waals surface area contributed by atoms with Crippen LogP contribution in [0.2, 0.25) is 0 Å². The van der Waals surface area contributed by atoms with Crippen molar-refractivity contribution in [3.63, 3.8) is 0 Å². The summed E-state index contributed by atoms with van der Waals surface area (Å²) in [6.45, 7) is 0.964. The standard InChI is InChI=1S/C13H15N3O3S/c1-20(17,18)10-6-4-9(5-7-10)12-15-13(19-16-12)11-3-2-8-14-11/h4-7,11,14H,2-3,8H2,1H3. The Labute approximate surface area is 117 Å². The Morgan fingerprint density at radius 3 is 2.65 bits per heavy atom. The Bertz CT molecular complexity index is 701. The second-order valence-electron chi connectivity index (χ2n) is 4.90. The van der Waals surface area contributed by atoms with Crippen molar-refractivity contribution < 1.29 is 12.9 Å². The lowest BCUT2D eigenvalue weighted by molar-refractivity contribution is 0.345. The van der Waals surface area contributed by atoms with Crippen LogP contribution >= 0.6 is 0 Å². The Balaban J connectivity index is 1.86. The van der Waals surface area contributed by atoms with Gasteiger partial charge in [0.25, 0.3) is 0 Å². The van der Waals surface area contributed by atoms with Crippen molar-refractivity contribution in [2.45, 2.75) is 23.8 Å². The monoisotopic (exact) mass is 293 g/mol. The van der Waals surface area contributed by atoms with Gasteiger partial charge in [0.15, 0.2) is 9.84 Å². The molecule has 7 heteroatoms. The Morgan fingerprint density at radius 2 is 2.05 bits per heavy atom. The van der Waals surface area contributed by atoms with Crippen molar-refractivity contribution in [1.82, 2.24) is 15.5 Å². The highest BCUT2D eigenvalue weighted by Gasteiger charge is 2.22. The van der Waals surface area contributed by atoms with E-state index in [1.807, 2.05) is 0 Å². The number of benzene rings is 1. The van der Waals surface area contributed by atoms with Crippen LogP contribution in [0.25, 0.3) is 11.4 Å². The molecule has 6 nitrogen and oxygen atoms in total. The van der Waals surface area contributed by atoms with E-state index in [1.54, 1.807) is 24.3 Å². The predicted molar refractivity (Wildman–Crippen MR) is 72.8 cm³/mol. The van der Waals surface area contributed by atoms with Gasteiger partial charge in [-0.15, -0.1) is 0 Å². The molecule has 1 aromatic carbocycles. The smallest absolute Gasteiger partial charge is 0.244 e. The molecule has 1 atom stereocenters. The SMILES string of the molecule is CS(=O)(=O)c1ccc(-c2noc(C3CCCN3)n2)cc1. The molecule has 3 rings (SSSR count). The number of hydrogen-bond acceptors (Lipinski definition) is 6. The Morgan fingerprint density at radius 1 is 1.30 bits per heavy atom. The van der Waals surface area contributed by atoms with Gasteiger partial charge in [0.1, 0.15) is 0 Å². The Hall–Kier alpha value is -1.73. The maximum Gasteiger partial charge on any atom is 0.244 e. The van der Waals surface area contributed by atoms with E-state index >= 15 is 0 Å². The third kappa shape index (κ3) is 2.59. The van der Waals surface area contributed by atoms with Crippen molar-refractivity contribution in [1.29, 1.82) is 0 Å². The molecule has 0 aliphatic carbocycles. The molecule has 1 saturated heterocycles. The first-order chi connectivity index (χ1) is 9.54. The van der Waals surface area contributed by atoms with E-state index in [0.29, 0.717) is 11.7 Å². The van der Waals surface area contributed by atoms with Gasteiger partial charge in [-0.2, -0.15) is 4.98 Å². The summed E-state index contributed by atoms with van der Waals surface area (Å²) in [5, 5.41) is 7.24. The van der Waals surface area contributed by atoms with Crippen molar-refractivity contribution in [3.8, 4) is 11.4 Å². The molecule has 20 heavy (non-hydrogen) atoms. The van der Waals surface area contributed by atoms with Crippen LogP contribution in [0.1, 0.15) is 24.8 Å². The van der Waals surface area contributed by atoms with Gasteiger partial charge in [-0.1, -0.05) is 5.16 Å². The van der Waals surface area contributed by atoms with Crippen LogP contribution in [0, 0.1) is 0 Å². The first kappa shape index (κ1) is 13.3. The lowest BCUT2D eigenvalue weighted by atomic mass is 10.2. The van der Waals surface area contributed by atoms with Crippen LogP contribution in [-0.2, 0) is 9.84 Å². The molecular weight excluding hydrogens is 278 g/mol. The first-order valence-corrected chi connectivity index (χ1v) is 8.31. The molecule has 1 aliphatic heterocycles. The van der Waals surface area contributed by atoms with E-state index in [9.17, 15) is 8.42 Å². The third-order valence-electron chi connectivity index (χ3n) is 3.34. The number of hydrogen-bond donors (Lipinski definition) is 1. The van der Waals surface area contributed by atoms with Crippen molar-refractivity contribution in [2.24, 2.45) is 0 Å². The van der Waals surface area contributed by atoms with E-state index in [-0.39, 0.29) is 10.9 Å². The second kappa shape index (κ2) is 4.99. The molecule has 2 aromatic rings. The van der Waals surface area contributed by atoms with Gasteiger partial charge in [-0.3, -0.25) is 0 Å². The molecule has 1 fully saturated rings. The van der Waals surface area contributed by atoms with Crippen LogP contribution in [0.15, 0.2) is 33.7 Å². The summed E-state index contributed by atoms with van der Waals surface area (Å²) in [4.78, 5) is 4.64. The third-order valence-corrected chi connectivity index (χ3v) is 4.47. The number of nitrogens with zero attached hydrogens (tertiary/aromatic N) is 2. The van der Waals surface area contributed by atoms with Crippen LogP contribution in [-0.4, -0.2) is 31.4 Å². The topological polar surface area (TPSA) is 85.1 Å². The second-order valence-corrected chi connectivity index (χ2v) is 6.92. The van der Waals surface area contributed by atoms with Gasteiger partial charge in [-0.05, 0) is 43.7 Å². The fraction of sp³-hybridized carbons (Fsp3) is 0.385. The largest absolute Gasteiger partial charge is 0.337 e. The fourth-order valence-corrected chi connectivity index (χ4v) is 2.87. The molecule has 1 aliphatic rings. The highest BCUT2D eigenvalue weighted by Crippen LogP contribution is 2.24. The fourth-order valence-electron chi connectivity index (χ4n) is 2.24. The molecule has 0 radical (unpaired) electrons. The molecule has 1 unspecified atom stereocenters. The van der Waals surface area contributed by atoms with E-state index in [4.69, 9.17) is 4.52 Å². The normalized spacial score (nSPS) is 19.4. The van der Waals surface area contributed by atoms with Crippen LogP contribution in [0.4, 0.5) is 0 Å². The Kier molecular flexibility index (Phi) is 3.31. The average Bonchev–Trinajstić information content (AvgIpc) is 3.09. The minimum absolute atomic E-state index is 0.131. The van der Waals surface area contributed by atoms with Gasteiger partial charge in [0, 0.05) is 11.8 Å². The van der Waals surface area contributed by atoms with Gasteiger partial charge >= 0.3 is 0 Å². The van der Waals surface area contributed by atoms with E-state index in [2.05, 4.69) is 15.5 Å². The van der Waals surface area contributed by atoms with Gasteiger partial charge in [-0.25, -0.2) is 8.42 Å². The number of nitrogens with one attached hydrogen (secondary N) is 1. The zero-order chi connectivity index (χ0) is 14.2. The summed E-state index contributed by atoms with van der Waals surface area (Å²) in [5.74, 6) is 1.07. The number of rotatable bonds is 3. The number of aromatic nitrogens is 2. The first-order valence-electron chi connectivity index (χ1n) is 6.41. The lowest BCUT2D eigenvalue weighted by Gasteiger charge is -2.01. The molecule has 0 saturated carbocycles. The molecule has 106 valence electrons. The van der Waals surface area contributed by atoms with E-state index in [1.165, 1.54) is 6.26 Å². The van der Waals surface area contributed by atoms with E-state index < -0.39 is 9.84 Å². The molecule has 2 heterocycles. The maximum absolute atomic E-state index is 11.4. The maximum atomic E-state index is 11.4. The highest BCUT2D eigenvalue weighted by molar-refractivity contribution is 7.90. The minimum atomic E-state index is -3.18. The minimum Gasteiger partial charge on any atom is -0.337 e. The zero-order valence-electron chi connectivity index (χ0n) is 11.0. The quantitative estimate of drug-likeness (QED) is 0.924. The van der Waals surface area contributed by atoms with Gasteiger partial charge in [0.05, 0.1) is 10.9 Å². The summed E-state index contributed by atoms with van der Waals surface area (Å²) in [5.41, 5.74) is 0.741. The summed E-state index contributed by atoms with van der Waals surface area (Å²) in [6.07, 6.45) is 3.28. The molecular formula is C13H15N3O3S. The van der Waals surface area contributed by atoms with Crippen molar-refractivity contribution >= 4 is 9.84 Å². The molecule has 0 spiro atoms. The van der Waals surface area contributed by atoms with E-state index in [0.717, 1.165) is 24.9 Å². The van der Waals surface area contributed by atoms with Gasteiger partial charge < -0.3 is 9.84 Å². The number of sulfone groups is 1. The van der Waals surface area contributed by atoms with Crippen LogP contribution < -0.4 is 5.32 Å². The molecule has 1 aromatic heterocycles. The summed E-state index contributed by atoms with van der Waals surface area (Å²) in [7, 11) is -3.18. The summed E-state index contributed by atoms with van der Waals surface area (Å²) < 4.78 is 28.1. The van der Waals surface area contributed by atoms with Crippen LogP contribution in [0.5, 0.6) is 0 Å². The van der Waals surface area contributed by atoms with Crippen molar-refractivity contribution in [3.05, 3.63) is 30.2 Å².